The number of nitrogens with one attached hydrogen (secondary N) is 2. The fourth-order valence-electron chi connectivity index (χ4n) is 3.39. The standard InChI is InChI=1S/C25H28N2O4/c1-5-16-7-6-8-19-20(13-26-23(16)19)21(28)15-31-22(29)14-27-24(30)17-9-11-18(12-10-17)25(2,3)4/h6-13,26H,5,14-15H2,1-4H3,(H,27,30). The molecule has 0 bridgehead atoms. The van der Waals surface area contributed by atoms with Crippen LogP contribution in [0, 0.1) is 0 Å². The van der Waals surface area contributed by atoms with E-state index >= 15 is 0 Å². The Bertz CT molecular complexity index is 1100. The fraction of sp³-hybridized carbons (Fsp3) is 0.320. The SMILES string of the molecule is CCc1cccc2c(C(=O)COC(=O)CNC(=O)c3ccc(C(C)(C)C)cc3)c[nH]c12. The van der Waals surface area contributed by atoms with E-state index < -0.39 is 5.97 Å². The smallest absolute Gasteiger partial charge is 0.325 e. The molecule has 6 heteroatoms. The van der Waals surface area contributed by atoms with Gasteiger partial charge in [0, 0.05) is 28.2 Å². The Labute approximate surface area is 182 Å². The van der Waals surface area contributed by atoms with Crippen molar-refractivity contribution >= 4 is 28.6 Å². The van der Waals surface area contributed by atoms with Crippen LogP contribution in [0.4, 0.5) is 0 Å². The zero-order valence-corrected chi connectivity index (χ0v) is 18.4. The summed E-state index contributed by atoms with van der Waals surface area (Å²) in [6.45, 7) is 7.65. The molecule has 0 saturated carbocycles. The van der Waals surface area contributed by atoms with Crippen LogP contribution < -0.4 is 5.32 Å². The van der Waals surface area contributed by atoms with Gasteiger partial charge in [0.1, 0.15) is 6.54 Å². The molecule has 1 amide bonds. The van der Waals surface area contributed by atoms with Gasteiger partial charge in [-0.3, -0.25) is 14.4 Å². The van der Waals surface area contributed by atoms with Crippen LogP contribution in [0.25, 0.3) is 10.9 Å². The van der Waals surface area contributed by atoms with Crippen molar-refractivity contribution in [3.63, 3.8) is 0 Å². The van der Waals surface area contributed by atoms with Crippen molar-refractivity contribution in [1.82, 2.24) is 10.3 Å². The molecule has 2 N–H and O–H groups in total. The number of carbonyl (C=O) groups excluding carboxylic acids is 3. The summed E-state index contributed by atoms with van der Waals surface area (Å²) >= 11 is 0. The van der Waals surface area contributed by atoms with Gasteiger partial charge in [-0.2, -0.15) is 0 Å². The van der Waals surface area contributed by atoms with Gasteiger partial charge in [-0.05, 0) is 35.1 Å². The van der Waals surface area contributed by atoms with Gasteiger partial charge in [-0.25, -0.2) is 0 Å². The summed E-state index contributed by atoms with van der Waals surface area (Å²) in [5, 5.41) is 3.34. The van der Waals surface area contributed by atoms with E-state index in [1.807, 2.05) is 37.3 Å². The van der Waals surface area contributed by atoms with E-state index in [4.69, 9.17) is 4.74 Å². The summed E-state index contributed by atoms with van der Waals surface area (Å²) in [6, 6.07) is 13.0. The number of H-pyrrole nitrogens is 1. The van der Waals surface area contributed by atoms with Gasteiger partial charge >= 0.3 is 5.97 Å². The highest BCUT2D eigenvalue weighted by atomic mass is 16.5. The van der Waals surface area contributed by atoms with Crippen LogP contribution in [0.15, 0.2) is 48.7 Å². The second-order valence-electron chi connectivity index (χ2n) is 8.49. The molecular formula is C25H28N2O4. The minimum absolute atomic E-state index is 0.00571. The van der Waals surface area contributed by atoms with Crippen molar-refractivity contribution in [2.24, 2.45) is 0 Å². The number of fused-ring (bicyclic) bond motifs is 1. The van der Waals surface area contributed by atoms with Crippen LogP contribution in [0.5, 0.6) is 0 Å². The fourth-order valence-corrected chi connectivity index (χ4v) is 3.39. The molecule has 0 spiro atoms. The molecule has 0 saturated heterocycles. The Kier molecular flexibility index (Phi) is 6.59. The Morgan fingerprint density at radius 2 is 1.74 bits per heavy atom. The molecule has 6 nitrogen and oxygen atoms in total. The summed E-state index contributed by atoms with van der Waals surface area (Å²) in [5.41, 5.74) is 4.10. The number of carbonyl (C=O) groups is 3. The number of aryl methyl sites for hydroxylation is 1. The van der Waals surface area contributed by atoms with Gasteiger partial charge in [0.05, 0.1) is 0 Å². The summed E-state index contributed by atoms with van der Waals surface area (Å²) in [5.74, 6) is -1.33. The number of aromatic amines is 1. The molecule has 0 aliphatic carbocycles. The van der Waals surface area contributed by atoms with E-state index in [0.717, 1.165) is 28.5 Å². The van der Waals surface area contributed by atoms with Crippen molar-refractivity contribution in [1.29, 1.82) is 0 Å². The third kappa shape index (κ3) is 5.20. The Hall–Kier alpha value is -3.41. The zero-order valence-electron chi connectivity index (χ0n) is 18.4. The topological polar surface area (TPSA) is 88.3 Å². The summed E-state index contributed by atoms with van der Waals surface area (Å²) < 4.78 is 5.07. The van der Waals surface area contributed by atoms with Gasteiger partial charge in [0.2, 0.25) is 5.78 Å². The van der Waals surface area contributed by atoms with Crippen LogP contribution in [-0.2, 0) is 21.4 Å². The second kappa shape index (κ2) is 9.16. The number of amides is 1. The first-order chi connectivity index (χ1) is 14.7. The van der Waals surface area contributed by atoms with Crippen LogP contribution >= 0.6 is 0 Å². The maximum absolute atomic E-state index is 12.5. The highest BCUT2D eigenvalue weighted by Gasteiger charge is 2.17. The van der Waals surface area contributed by atoms with E-state index in [-0.39, 0.29) is 30.3 Å². The Morgan fingerprint density at radius 3 is 2.39 bits per heavy atom. The van der Waals surface area contributed by atoms with E-state index in [1.54, 1.807) is 18.3 Å². The molecule has 3 aromatic rings. The van der Waals surface area contributed by atoms with Crippen LogP contribution in [0.3, 0.4) is 0 Å². The number of hydrogen-bond acceptors (Lipinski definition) is 4. The molecule has 0 aliphatic rings. The minimum Gasteiger partial charge on any atom is -0.456 e. The van der Waals surface area contributed by atoms with Gasteiger partial charge in [-0.1, -0.05) is 58.0 Å². The van der Waals surface area contributed by atoms with Crippen molar-refractivity contribution in [3.8, 4) is 0 Å². The molecule has 1 heterocycles. The quantitative estimate of drug-likeness (QED) is 0.443. The normalized spacial score (nSPS) is 11.4. The van der Waals surface area contributed by atoms with Crippen molar-refractivity contribution in [2.45, 2.75) is 39.5 Å². The predicted octanol–water partition coefficient (Wildman–Crippen LogP) is 4.18. The Balaban J connectivity index is 1.52. The number of benzene rings is 2. The van der Waals surface area contributed by atoms with E-state index in [1.165, 1.54) is 0 Å². The summed E-state index contributed by atoms with van der Waals surface area (Å²) in [7, 11) is 0. The molecule has 0 atom stereocenters. The van der Waals surface area contributed by atoms with Gasteiger partial charge in [-0.15, -0.1) is 0 Å². The molecule has 31 heavy (non-hydrogen) atoms. The maximum atomic E-state index is 12.5. The number of ketones is 1. The van der Waals surface area contributed by atoms with Crippen molar-refractivity contribution < 1.29 is 19.1 Å². The molecule has 3 rings (SSSR count). The number of ether oxygens (including phenoxy) is 1. The van der Waals surface area contributed by atoms with Crippen LogP contribution in [0.2, 0.25) is 0 Å². The number of para-hydroxylation sites is 1. The molecule has 0 aliphatic heterocycles. The highest BCUT2D eigenvalue weighted by Crippen LogP contribution is 2.23. The first-order valence-corrected chi connectivity index (χ1v) is 10.4. The predicted molar refractivity (Wildman–Crippen MR) is 120 cm³/mol. The number of esters is 1. The lowest BCUT2D eigenvalue weighted by atomic mass is 9.87. The zero-order chi connectivity index (χ0) is 22.6. The molecule has 0 fully saturated rings. The van der Waals surface area contributed by atoms with Crippen LogP contribution in [0.1, 0.15) is 59.5 Å². The number of hydrogen-bond donors (Lipinski definition) is 2. The van der Waals surface area contributed by atoms with Crippen molar-refractivity contribution in [2.75, 3.05) is 13.2 Å². The minimum atomic E-state index is -0.665. The lowest BCUT2D eigenvalue weighted by Gasteiger charge is -2.19. The highest BCUT2D eigenvalue weighted by molar-refractivity contribution is 6.09. The largest absolute Gasteiger partial charge is 0.456 e. The molecule has 162 valence electrons. The average Bonchev–Trinajstić information content (AvgIpc) is 3.19. The molecule has 0 radical (unpaired) electrons. The van der Waals surface area contributed by atoms with E-state index in [9.17, 15) is 14.4 Å². The average molecular weight is 421 g/mol. The van der Waals surface area contributed by atoms with E-state index in [0.29, 0.717) is 11.1 Å². The third-order valence-corrected chi connectivity index (χ3v) is 5.25. The molecule has 1 aromatic heterocycles. The lowest BCUT2D eigenvalue weighted by molar-refractivity contribution is -0.141. The summed E-state index contributed by atoms with van der Waals surface area (Å²) in [4.78, 5) is 39.9. The summed E-state index contributed by atoms with van der Waals surface area (Å²) in [6.07, 6.45) is 2.49. The number of Topliss-reactive ketones (excluding diaryl/α,β-unsaturated/α-hetero) is 1. The number of aromatic nitrogens is 1. The Morgan fingerprint density at radius 1 is 1.03 bits per heavy atom. The lowest BCUT2D eigenvalue weighted by Crippen LogP contribution is -2.31. The second-order valence-corrected chi connectivity index (χ2v) is 8.49. The monoisotopic (exact) mass is 420 g/mol. The van der Waals surface area contributed by atoms with E-state index in [2.05, 4.69) is 31.1 Å². The van der Waals surface area contributed by atoms with Gasteiger partial charge in [0.25, 0.3) is 5.91 Å². The van der Waals surface area contributed by atoms with Gasteiger partial charge < -0.3 is 15.0 Å². The molecule has 0 unspecified atom stereocenters. The first kappa shape index (κ1) is 22.3. The van der Waals surface area contributed by atoms with Crippen LogP contribution in [-0.4, -0.2) is 35.8 Å². The van der Waals surface area contributed by atoms with Crippen molar-refractivity contribution in [3.05, 3.63) is 70.9 Å². The van der Waals surface area contributed by atoms with Gasteiger partial charge in [0.15, 0.2) is 6.61 Å². The number of rotatable bonds is 7. The maximum Gasteiger partial charge on any atom is 0.325 e. The molecular weight excluding hydrogens is 392 g/mol. The third-order valence-electron chi connectivity index (χ3n) is 5.25. The molecule has 2 aromatic carbocycles. The first-order valence-electron chi connectivity index (χ1n) is 10.4.